The fourth-order valence-electron chi connectivity index (χ4n) is 1.79. The second kappa shape index (κ2) is 7.29. The summed E-state index contributed by atoms with van der Waals surface area (Å²) in [4.78, 5) is 11.7. The van der Waals surface area contributed by atoms with Gasteiger partial charge >= 0.3 is 6.09 Å². The molecule has 0 aliphatic heterocycles. The summed E-state index contributed by atoms with van der Waals surface area (Å²) in [5, 5.41) is 6.18. The highest BCUT2D eigenvalue weighted by atomic mass is 16.6. The van der Waals surface area contributed by atoms with Crippen molar-refractivity contribution in [1.29, 1.82) is 0 Å². The zero-order chi connectivity index (χ0) is 15.2. The average Bonchev–Trinajstić information content (AvgIpc) is 2.33. The first-order chi connectivity index (χ1) is 9.31. The van der Waals surface area contributed by atoms with Gasteiger partial charge in [-0.05, 0) is 58.4 Å². The van der Waals surface area contributed by atoms with Gasteiger partial charge in [-0.2, -0.15) is 0 Å². The van der Waals surface area contributed by atoms with Crippen molar-refractivity contribution in [2.45, 2.75) is 52.7 Å². The summed E-state index contributed by atoms with van der Waals surface area (Å²) in [6.07, 6.45) is 0.670. The van der Waals surface area contributed by atoms with E-state index in [4.69, 9.17) is 4.74 Å². The van der Waals surface area contributed by atoms with Gasteiger partial charge in [0, 0.05) is 11.7 Å². The van der Waals surface area contributed by atoms with E-state index in [1.54, 1.807) is 0 Å². The van der Waals surface area contributed by atoms with Gasteiger partial charge in [-0.15, -0.1) is 0 Å². The molecule has 2 N–H and O–H groups in total. The molecule has 112 valence electrons. The van der Waals surface area contributed by atoms with Crippen molar-refractivity contribution in [3.63, 3.8) is 0 Å². The molecule has 4 heteroatoms. The van der Waals surface area contributed by atoms with Crippen LogP contribution >= 0.6 is 0 Å². The van der Waals surface area contributed by atoms with Gasteiger partial charge in [0.2, 0.25) is 0 Å². The molecular formula is C16H26N2O2. The first kappa shape index (κ1) is 16.5. The van der Waals surface area contributed by atoms with Crippen LogP contribution in [0.25, 0.3) is 0 Å². The number of carbonyl (C=O) groups excluding carboxylic acids is 1. The minimum absolute atomic E-state index is 0.260. The third kappa shape index (κ3) is 6.06. The first-order valence-corrected chi connectivity index (χ1v) is 7.15. The molecule has 20 heavy (non-hydrogen) atoms. The fraction of sp³-hybridized carbons (Fsp3) is 0.562. The minimum atomic E-state index is -0.488. The van der Waals surface area contributed by atoms with Crippen LogP contribution in [0.1, 0.15) is 52.6 Å². The molecule has 1 aromatic carbocycles. The number of benzene rings is 1. The Balaban J connectivity index is 2.66. The van der Waals surface area contributed by atoms with Crippen LogP contribution < -0.4 is 10.6 Å². The topological polar surface area (TPSA) is 50.4 Å². The summed E-state index contributed by atoms with van der Waals surface area (Å²) in [7, 11) is 0. The number of anilines is 1. The molecule has 0 aromatic heterocycles. The molecule has 0 radical (unpaired) electrons. The highest BCUT2D eigenvalue weighted by molar-refractivity contribution is 5.84. The molecule has 0 saturated carbocycles. The maximum atomic E-state index is 11.7. The lowest BCUT2D eigenvalue weighted by molar-refractivity contribution is 0.0636. The highest BCUT2D eigenvalue weighted by Gasteiger charge is 2.16. The number of carbonyl (C=O) groups is 1. The van der Waals surface area contributed by atoms with E-state index >= 15 is 0 Å². The van der Waals surface area contributed by atoms with Crippen molar-refractivity contribution in [3.05, 3.63) is 29.8 Å². The van der Waals surface area contributed by atoms with Crippen LogP contribution in [0.2, 0.25) is 0 Å². The predicted molar refractivity (Wildman–Crippen MR) is 83.0 cm³/mol. The Kier molecular flexibility index (Phi) is 6.02. The third-order valence-corrected chi connectivity index (χ3v) is 2.73. The molecule has 0 saturated heterocycles. The second-order valence-corrected chi connectivity index (χ2v) is 5.93. The van der Waals surface area contributed by atoms with Gasteiger partial charge in [-0.3, -0.25) is 5.32 Å². The Labute approximate surface area is 121 Å². The van der Waals surface area contributed by atoms with E-state index in [9.17, 15) is 4.79 Å². The lowest BCUT2D eigenvalue weighted by Crippen LogP contribution is -2.27. The van der Waals surface area contributed by atoms with Crippen LogP contribution in [0.15, 0.2) is 24.3 Å². The molecule has 0 aliphatic rings. The Hall–Kier alpha value is -1.55. The van der Waals surface area contributed by atoms with Crippen LogP contribution in [-0.4, -0.2) is 18.2 Å². The van der Waals surface area contributed by atoms with Gasteiger partial charge in [0.05, 0.1) is 0 Å². The van der Waals surface area contributed by atoms with E-state index in [1.807, 2.05) is 45.0 Å². The van der Waals surface area contributed by atoms with Gasteiger partial charge in [0.1, 0.15) is 5.60 Å². The SMILES string of the molecule is CCCNC(C)c1cccc(NC(=O)OC(C)(C)C)c1. The molecular weight excluding hydrogens is 252 g/mol. The molecule has 0 bridgehead atoms. The fourth-order valence-corrected chi connectivity index (χ4v) is 1.79. The first-order valence-electron chi connectivity index (χ1n) is 7.15. The van der Waals surface area contributed by atoms with Crippen LogP contribution in [0.4, 0.5) is 10.5 Å². The second-order valence-electron chi connectivity index (χ2n) is 5.93. The molecule has 0 spiro atoms. The maximum Gasteiger partial charge on any atom is 0.412 e. The lowest BCUT2D eigenvalue weighted by atomic mass is 10.1. The van der Waals surface area contributed by atoms with Crippen molar-refractivity contribution in [3.8, 4) is 0 Å². The average molecular weight is 278 g/mol. The normalized spacial score (nSPS) is 12.8. The summed E-state index contributed by atoms with van der Waals surface area (Å²) in [6.45, 7) is 10.8. The zero-order valence-corrected chi connectivity index (χ0v) is 13.1. The maximum absolute atomic E-state index is 11.7. The molecule has 1 aromatic rings. The molecule has 0 heterocycles. The summed E-state index contributed by atoms with van der Waals surface area (Å²) in [5.74, 6) is 0. The monoisotopic (exact) mass is 278 g/mol. The van der Waals surface area contributed by atoms with Crippen molar-refractivity contribution in [2.24, 2.45) is 0 Å². The molecule has 1 atom stereocenters. The molecule has 4 nitrogen and oxygen atoms in total. The van der Waals surface area contributed by atoms with Crippen LogP contribution in [0, 0.1) is 0 Å². The zero-order valence-electron chi connectivity index (χ0n) is 13.1. The quantitative estimate of drug-likeness (QED) is 0.852. The number of nitrogens with one attached hydrogen (secondary N) is 2. The van der Waals surface area contributed by atoms with Crippen molar-refractivity contribution in [2.75, 3.05) is 11.9 Å². The van der Waals surface area contributed by atoms with E-state index in [-0.39, 0.29) is 6.04 Å². The number of hydrogen-bond acceptors (Lipinski definition) is 3. The van der Waals surface area contributed by atoms with Gasteiger partial charge in [0.25, 0.3) is 0 Å². The van der Waals surface area contributed by atoms with E-state index in [2.05, 4.69) is 24.5 Å². The molecule has 0 fully saturated rings. The Morgan fingerprint density at radius 3 is 2.65 bits per heavy atom. The summed E-state index contributed by atoms with van der Waals surface area (Å²) < 4.78 is 5.24. The predicted octanol–water partition coefficient (Wildman–Crippen LogP) is 4.09. The van der Waals surface area contributed by atoms with Gasteiger partial charge in [-0.1, -0.05) is 19.1 Å². The molecule has 1 unspecified atom stereocenters. The van der Waals surface area contributed by atoms with E-state index in [1.165, 1.54) is 0 Å². The lowest BCUT2D eigenvalue weighted by Gasteiger charge is -2.20. The summed E-state index contributed by atoms with van der Waals surface area (Å²) in [6, 6.07) is 8.08. The van der Waals surface area contributed by atoms with Gasteiger partial charge in [0.15, 0.2) is 0 Å². The standard InChI is InChI=1S/C16H26N2O2/c1-6-10-17-12(2)13-8-7-9-14(11-13)18-15(19)20-16(3,4)5/h7-9,11-12,17H,6,10H2,1-5H3,(H,18,19). The Morgan fingerprint density at radius 1 is 1.35 bits per heavy atom. The number of hydrogen-bond donors (Lipinski definition) is 2. The number of rotatable bonds is 5. The van der Waals surface area contributed by atoms with Crippen molar-refractivity contribution >= 4 is 11.8 Å². The van der Waals surface area contributed by atoms with Crippen molar-refractivity contribution < 1.29 is 9.53 Å². The summed E-state index contributed by atoms with van der Waals surface area (Å²) >= 11 is 0. The number of ether oxygens (including phenoxy) is 1. The number of amides is 1. The third-order valence-electron chi connectivity index (χ3n) is 2.73. The van der Waals surface area contributed by atoms with Crippen LogP contribution in [0.3, 0.4) is 0 Å². The molecule has 0 aliphatic carbocycles. The van der Waals surface area contributed by atoms with Gasteiger partial charge in [-0.25, -0.2) is 4.79 Å². The van der Waals surface area contributed by atoms with E-state index in [0.717, 1.165) is 24.2 Å². The van der Waals surface area contributed by atoms with E-state index < -0.39 is 11.7 Å². The minimum Gasteiger partial charge on any atom is -0.444 e. The van der Waals surface area contributed by atoms with Crippen molar-refractivity contribution in [1.82, 2.24) is 5.32 Å². The molecule has 1 rings (SSSR count). The Morgan fingerprint density at radius 2 is 2.05 bits per heavy atom. The van der Waals surface area contributed by atoms with Gasteiger partial charge < -0.3 is 10.1 Å². The van der Waals surface area contributed by atoms with Crippen LogP contribution in [0.5, 0.6) is 0 Å². The van der Waals surface area contributed by atoms with Crippen LogP contribution in [-0.2, 0) is 4.74 Å². The Bertz CT molecular complexity index is 438. The van der Waals surface area contributed by atoms with E-state index in [0.29, 0.717) is 0 Å². The largest absolute Gasteiger partial charge is 0.444 e. The summed E-state index contributed by atoms with van der Waals surface area (Å²) in [5.41, 5.74) is 1.41. The smallest absolute Gasteiger partial charge is 0.412 e. The highest BCUT2D eigenvalue weighted by Crippen LogP contribution is 2.18. The molecule has 1 amide bonds.